The molecule has 5 heteroatoms. The number of furan rings is 1. The van der Waals surface area contributed by atoms with Crippen LogP contribution in [0, 0.1) is 12.7 Å². The van der Waals surface area contributed by atoms with E-state index in [2.05, 4.69) is 10.6 Å². The first kappa shape index (κ1) is 17.3. The van der Waals surface area contributed by atoms with Crippen molar-refractivity contribution in [2.75, 3.05) is 10.6 Å². The zero-order valence-corrected chi connectivity index (χ0v) is 15.7. The smallest absolute Gasteiger partial charge is 0.157 e. The van der Waals surface area contributed by atoms with Crippen molar-refractivity contribution in [2.24, 2.45) is 0 Å². The number of benzene rings is 3. The summed E-state index contributed by atoms with van der Waals surface area (Å²) >= 11 is 0. The molecule has 3 aromatic carbocycles. The number of hydrogen-bond acceptors (Lipinski definition) is 4. The molecule has 5 rings (SSSR count). The number of para-hydroxylation sites is 1. The van der Waals surface area contributed by atoms with Gasteiger partial charge in [0.05, 0.1) is 11.2 Å². The van der Waals surface area contributed by atoms with Crippen molar-refractivity contribution in [3.05, 3.63) is 90.4 Å². The summed E-state index contributed by atoms with van der Waals surface area (Å²) in [5.41, 5.74) is 4.28. The molecule has 29 heavy (non-hydrogen) atoms. The van der Waals surface area contributed by atoms with Crippen LogP contribution in [0.25, 0.3) is 21.9 Å². The Hall–Kier alpha value is -3.86. The van der Waals surface area contributed by atoms with Crippen LogP contribution in [0.5, 0.6) is 0 Å². The summed E-state index contributed by atoms with van der Waals surface area (Å²) in [5, 5.41) is 8.72. The van der Waals surface area contributed by atoms with Crippen molar-refractivity contribution >= 4 is 44.8 Å². The van der Waals surface area contributed by atoms with Crippen LogP contribution < -0.4 is 10.6 Å². The van der Waals surface area contributed by atoms with Gasteiger partial charge in [-0.05, 0) is 67.6 Å². The number of aromatic nitrogens is 1. The second-order valence-electron chi connectivity index (χ2n) is 6.91. The highest BCUT2D eigenvalue weighted by Gasteiger charge is 2.09. The molecule has 0 spiro atoms. The van der Waals surface area contributed by atoms with E-state index in [4.69, 9.17) is 9.40 Å². The number of nitrogens with zero attached hydrogens (tertiary/aromatic N) is 1. The lowest BCUT2D eigenvalue weighted by Crippen LogP contribution is -1.96. The fourth-order valence-corrected chi connectivity index (χ4v) is 3.45. The Bertz CT molecular complexity index is 1330. The largest absolute Gasteiger partial charge is 0.459 e. The van der Waals surface area contributed by atoms with Gasteiger partial charge >= 0.3 is 0 Å². The average molecular weight is 383 g/mol. The Morgan fingerprint density at radius 2 is 1.62 bits per heavy atom. The maximum atomic E-state index is 13.1. The molecule has 4 nitrogen and oxygen atoms in total. The van der Waals surface area contributed by atoms with E-state index >= 15 is 0 Å². The molecule has 0 fully saturated rings. The Kier molecular flexibility index (Phi) is 4.13. The summed E-state index contributed by atoms with van der Waals surface area (Å²) in [5.74, 6) is 1.35. The lowest BCUT2D eigenvalue weighted by Gasteiger charge is -2.11. The number of hydrogen-bond donors (Lipinski definition) is 2. The molecule has 0 aliphatic carbocycles. The van der Waals surface area contributed by atoms with Gasteiger partial charge in [-0.2, -0.15) is 0 Å². The number of nitrogens with one attached hydrogen (secondary N) is 2. The van der Waals surface area contributed by atoms with Crippen LogP contribution >= 0.6 is 0 Å². The Morgan fingerprint density at radius 3 is 2.48 bits per heavy atom. The molecule has 2 N–H and O–H groups in total. The van der Waals surface area contributed by atoms with Crippen LogP contribution in [-0.2, 0) is 0 Å². The predicted molar refractivity (Wildman–Crippen MR) is 116 cm³/mol. The Morgan fingerprint density at radius 1 is 0.828 bits per heavy atom. The van der Waals surface area contributed by atoms with Gasteiger partial charge in [-0.3, -0.25) is 0 Å². The van der Waals surface area contributed by atoms with Gasteiger partial charge in [-0.1, -0.05) is 18.2 Å². The molecule has 0 aliphatic heterocycles. The summed E-state index contributed by atoms with van der Waals surface area (Å²) in [7, 11) is 0. The molecule has 2 heterocycles. The molecule has 0 bridgehead atoms. The summed E-state index contributed by atoms with van der Waals surface area (Å²) in [6.45, 7) is 1.94. The van der Waals surface area contributed by atoms with Gasteiger partial charge in [0.2, 0.25) is 0 Å². The fraction of sp³-hybridized carbons (Fsp3) is 0.0417. The maximum absolute atomic E-state index is 13.1. The molecule has 0 saturated carbocycles. The summed E-state index contributed by atoms with van der Waals surface area (Å²) < 4.78 is 19.0. The normalized spacial score (nSPS) is 11.1. The minimum absolute atomic E-state index is 0.257. The van der Waals surface area contributed by atoms with Crippen molar-refractivity contribution in [3.8, 4) is 0 Å². The lowest BCUT2D eigenvalue weighted by atomic mass is 10.1. The fourth-order valence-electron chi connectivity index (χ4n) is 3.45. The van der Waals surface area contributed by atoms with E-state index in [-0.39, 0.29) is 5.82 Å². The zero-order valence-electron chi connectivity index (χ0n) is 15.7. The first-order valence-electron chi connectivity index (χ1n) is 9.34. The number of anilines is 4. The molecular formula is C24H18FN3O. The van der Waals surface area contributed by atoms with Crippen LogP contribution in [0.2, 0.25) is 0 Å². The molecule has 0 unspecified atom stereocenters. The zero-order chi connectivity index (χ0) is 19.8. The lowest BCUT2D eigenvalue weighted by molar-refractivity contribution is 0.579. The topological polar surface area (TPSA) is 50.1 Å². The van der Waals surface area contributed by atoms with E-state index in [0.717, 1.165) is 50.5 Å². The molecule has 5 aromatic rings. The predicted octanol–water partition coefficient (Wildman–Crippen LogP) is 6.92. The van der Waals surface area contributed by atoms with Crippen LogP contribution in [0.4, 0.5) is 27.3 Å². The van der Waals surface area contributed by atoms with Crippen molar-refractivity contribution in [2.45, 2.75) is 6.92 Å². The van der Waals surface area contributed by atoms with Gasteiger partial charge in [0, 0.05) is 22.1 Å². The van der Waals surface area contributed by atoms with E-state index < -0.39 is 0 Å². The van der Waals surface area contributed by atoms with Crippen LogP contribution in [0.1, 0.15) is 5.76 Å². The van der Waals surface area contributed by atoms with Gasteiger partial charge < -0.3 is 15.1 Å². The molecule has 0 radical (unpaired) electrons. The molecule has 142 valence electrons. The second kappa shape index (κ2) is 6.95. The minimum atomic E-state index is -0.257. The standard InChI is InChI=1S/C24H18FN3O/c1-15-14-16-4-2-7-22(24(16)29-15)28-23-13-12-19-20(5-3-6-21(19)27-23)26-18-10-8-17(25)9-11-18/h2-14,26H,1H3,(H,27,28). The molecule has 2 aromatic heterocycles. The monoisotopic (exact) mass is 383 g/mol. The van der Waals surface area contributed by atoms with E-state index in [0.29, 0.717) is 0 Å². The Balaban J connectivity index is 1.48. The Labute approximate surface area is 167 Å². The third kappa shape index (κ3) is 3.38. The maximum Gasteiger partial charge on any atom is 0.157 e. The summed E-state index contributed by atoms with van der Waals surface area (Å²) in [4.78, 5) is 4.75. The van der Waals surface area contributed by atoms with Crippen LogP contribution in [0.15, 0.2) is 83.3 Å². The van der Waals surface area contributed by atoms with Crippen molar-refractivity contribution in [1.82, 2.24) is 4.98 Å². The van der Waals surface area contributed by atoms with Gasteiger partial charge in [0.1, 0.15) is 17.4 Å². The number of pyridine rings is 1. The van der Waals surface area contributed by atoms with E-state index in [9.17, 15) is 4.39 Å². The molecule has 0 saturated heterocycles. The number of rotatable bonds is 4. The number of aryl methyl sites for hydroxylation is 1. The molecule has 0 aliphatic rings. The molecular weight excluding hydrogens is 365 g/mol. The van der Waals surface area contributed by atoms with E-state index in [1.54, 1.807) is 12.1 Å². The van der Waals surface area contributed by atoms with Gasteiger partial charge in [-0.15, -0.1) is 0 Å². The third-order valence-electron chi connectivity index (χ3n) is 4.79. The van der Waals surface area contributed by atoms with E-state index in [1.165, 1.54) is 12.1 Å². The second-order valence-corrected chi connectivity index (χ2v) is 6.91. The van der Waals surface area contributed by atoms with Crippen LogP contribution in [-0.4, -0.2) is 4.98 Å². The highest BCUT2D eigenvalue weighted by molar-refractivity contribution is 5.95. The van der Waals surface area contributed by atoms with Crippen molar-refractivity contribution < 1.29 is 8.81 Å². The van der Waals surface area contributed by atoms with Crippen molar-refractivity contribution in [1.29, 1.82) is 0 Å². The van der Waals surface area contributed by atoms with Gasteiger partial charge in [0.15, 0.2) is 5.58 Å². The first-order chi connectivity index (χ1) is 14.2. The minimum Gasteiger partial charge on any atom is -0.459 e. The highest BCUT2D eigenvalue weighted by Crippen LogP contribution is 2.31. The number of halogens is 1. The molecule has 0 atom stereocenters. The van der Waals surface area contributed by atoms with Crippen molar-refractivity contribution in [3.63, 3.8) is 0 Å². The average Bonchev–Trinajstić information content (AvgIpc) is 3.11. The van der Waals surface area contributed by atoms with Gasteiger partial charge in [0.25, 0.3) is 0 Å². The highest BCUT2D eigenvalue weighted by atomic mass is 19.1. The van der Waals surface area contributed by atoms with Gasteiger partial charge in [-0.25, -0.2) is 9.37 Å². The summed E-state index contributed by atoms with van der Waals surface area (Å²) in [6, 6.07) is 24.1. The van der Waals surface area contributed by atoms with E-state index in [1.807, 2.05) is 61.5 Å². The number of fused-ring (bicyclic) bond motifs is 2. The third-order valence-corrected chi connectivity index (χ3v) is 4.79. The summed E-state index contributed by atoms with van der Waals surface area (Å²) in [6.07, 6.45) is 0. The first-order valence-corrected chi connectivity index (χ1v) is 9.34. The van der Waals surface area contributed by atoms with Crippen LogP contribution in [0.3, 0.4) is 0 Å². The molecule has 0 amide bonds. The quantitative estimate of drug-likeness (QED) is 0.354. The SMILES string of the molecule is Cc1cc2cccc(Nc3ccc4c(Nc5ccc(F)cc5)cccc4n3)c2o1.